The topological polar surface area (TPSA) is 70.2 Å². The van der Waals surface area contributed by atoms with Gasteiger partial charge in [-0.15, -0.1) is 0 Å². The Morgan fingerprint density at radius 1 is 1.24 bits per heavy atom. The van der Waals surface area contributed by atoms with Crippen LogP contribution < -0.4 is 5.32 Å². The number of amides is 1. The lowest BCUT2D eigenvalue weighted by atomic mass is 9.99. The molecular formula is C21H20F2N4O2. The Morgan fingerprint density at radius 2 is 2.07 bits per heavy atom. The number of nitrogens with one attached hydrogen (secondary N) is 2. The number of carbonyl (C=O) groups excluding carboxylic acids is 1. The standard InChI is InChI=1S/C21H20F2N4O2/c22-17-7-12(9-27-4-1-5-27)6-15(19(17)23)13-2-3-18-16(8-13)20(26-25-18)21(28)24-14-10-29-11-14/h2-3,6-8,14H,1,4-5,9-11H2,(H,24,28)(H,25,26). The summed E-state index contributed by atoms with van der Waals surface area (Å²) in [5.41, 5.74) is 2.30. The number of hydrogen-bond acceptors (Lipinski definition) is 4. The number of hydrogen-bond donors (Lipinski definition) is 2. The third-order valence-corrected chi connectivity index (χ3v) is 5.51. The quantitative estimate of drug-likeness (QED) is 0.694. The predicted octanol–water partition coefficient (Wildman–Crippen LogP) is 2.84. The van der Waals surface area contributed by atoms with E-state index in [1.165, 1.54) is 6.07 Å². The van der Waals surface area contributed by atoms with Crippen LogP contribution in [0.5, 0.6) is 0 Å². The van der Waals surface area contributed by atoms with Crippen LogP contribution in [-0.4, -0.2) is 53.3 Å². The van der Waals surface area contributed by atoms with Gasteiger partial charge in [0.25, 0.3) is 5.91 Å². The molecule has 0 unspecified atom stereocenters. The first-order chi connectivity index (χ1) is 14.1. The summed E-state index contributed by atoms with van der Waals surface area (Å²) >= 11 is 0. The molecule has 0 bridgehead atoms. The van der Waals surface area contributed by atoms with Gasteiger partial charge in [-0.1, -0.05) is 6.07 Å². The number of aromatic amines is 1. The van der Waals surface area contributed by atoms with Crippen molar-refractivity contribution in [2.45, 2.75) is 19.0 Å². The molecule has 8 heteroatoms. The van der Waals surface area contributed by atoms with Crippen molar-refractivity contribution >= 4 is 16.8 Å². The molecule has 1 amide bonds. The number of aromatic nitrogens is 2. The van der Waals surface area contributed by atoms with Crippen LogP contribution in [0.2, 0.25) is 0 Å². The van der Waals surface area contributed by atoms with Crippen molar-refractivity contribution in [3.63, 3.8) is 0 Å². The van der Waals surface area contributed by atoms with Crippen molar-refractivity contribution in [1.29, 1.82) is 0 Å². The summed E-state index contributed by atoms with van der Waals surface area (Å²) in [4.78, 5) is 14.7. The first-order valence-electron chi connectivity index (χ1n) is 9.66. The van der Waals surface area contributed by atoms with E-state index >= 15 is 0 Å². The average Bonchev–Trinajstić information content (AvgIpc) is 3.07. The van der Waals surface area contributed by atoms with Gasteiger partial charge in [0.15, 0.2) is 17.3 Å². The molecule has 2 aliphatic rings. The van der Waals surface area contributed by atoms with Gasteiger partial charge in [0.05, 0.1) is 24.8 Å². The fraction of sp³-hybridized carbons (Fsp3) is 0.333. The number of nitrogens with zero attached hydrogens (tertiary/aromatic N) is 2. The van der Waals surface area contributed by atoms with E-state index in [1.54, 1.807) is 24.3 Å². The molecule has 2 N–H and O–H groups in total. The van der Waals surface area contributed by atoms with Crippen LogP contribution in [0.15, 0.2) is 30.3 Å². The highest BCUT2D eigenvalue weighted by Gasteiger charge is 2.24. The normalized spacial score (nSPS) is 17.2. The van der Waals surface area contributed by atoms with Gasteiger partial charge in [-0.25, -0.2) is 8.78 Å². The zero-order valence-electron chi connectivity index (χ0n) is 15.7. The van der Waals surface area contributed by atoms with E-state index < -0.39 is 11.6 Å². The van der Waals surface area contributed by atoms with Crippen molar-refractivity contribution in [2.75, 3.05) is 26.3 Å². The fourth-order valence-electron chi connectivity index (χ4n) is 3.67. The molecule has 3 aromatic rings. The minimum absolute atomic E-state index is 0.0258. The third-order valence-electron chi connectivity index (χ3n) is 5.51. The molecule has 6 nitrogen and oxygen atoms in total. The van der Waals surface area contributed by atoms with E-state index in [-0.39, 0.29) is 23.2 Å². The van der Waals surface area contributed by atoms with Crippen LogP contribution >= 0.6 is 0 Å². The van der Waals surface area contributed by atoms with Gasteiger partial charge in [-0.3, -0.25) is 14.8 Å². The Hall–Kier alpha value is -2.84. The summed E-state index contributed by atoms with van der Waals surface area (Å²) in [6.07, 6.45) is 1.13. The van der Waals surface area contributed by atoms with Gasteiger partial charge in [-0.05, 0) is 54.9 Å². The number of benzene rings is 2. The molecule has 29 heavy (non-hydrogen) atoms. The second-order valence-electron chi connectivity index (χ2n) is 7.61. The van der Waals surface area contributed by atoms with Crippen molar-refractivity contribution in [3.05, 3.63) is 53.2 Å². The number of H-pyrrole nitrogens is 1. The molecule has 3 heterocycles. The molecule has 0 radical (unpaired) electrons. The zero-order valence-corrected chi connectivity index (χ0v) is 15.7. The second kappa shape index (κ2) is 7.20. The lowest BCUT2D eigenvalue weighted by Gasteiger charge is -2.30. The van der Waals surface area contributed by atoms with Gasteiger partial charge in [0.2, 0.25) is 0 Å². The molecule has 5 rings (SSSR count). The van der Waals surface area contributed by atoms with Crippen molar-refractivity contribution in [2.24, 2.45) is 0 Å². The molecule has 0 spiro atoms. The van der Waals surface area contributed by atoms with Gasteiger partial charge in [0, 0.05) is 17.5 Å². The third kappa shape index (κ3) is 3.38. The first kappa shape index (κ1) is 18.2. The van der Waals surface area contributed by atoms with E-state index in [9.17, 15) is 13.6 Å². The monoisotopic (exact) mass is 398 g/mol. The Kier molecular flexibility index (Phi) is 4.52. The maximum absolute atomic E-state index is 14.6. The molecule has 1 aromatic heterocycles. The highest BCUT2D eigenvalue weighted by molar-refractivity contribution is 6.05. The van der Waals surface area contributed by atoms with Crippen molar-refractivity contribution in [1.82, 2.24) is 20.4 Å². The molecular weight excluding hydrogens is 378 g/mol. The van der Waals surface area contributed by atoms with Crippen LogP contribution in [-0.2, 0) is 11.3 Å². The number of rotatable bonds is 5. The predicted molar refractivity (Wildman–Crippen MR) is 103 cm³/mol. The summed E-state index contributed by atoms with van der Waals surface area (Å²) in [6.45, 7) is 3.50. The van der Waals surface area contributed by atoms with Crippen LogP contribution in [0.3, 0.4) is 0 Å². The first-order valence-corrected chi connectivity index (χ1v) is 9.66. The lowest BCUT2D eigenvalue weighted by molar-refractivity contribution is -0.00352. The Labute approximate surface area is 165 Å². The molecule has 2 fully saturated rings. The number of fused-ring (bicyclic) bond motifs is 1. The van der Waals surface area contributed by atoms with Crippen molar-refractivity contribution < 1.29 is 18.3 Å². The number of ether oxygens (including phenoxy) is 1. The minimum Gasteiger partial charge on any atom is -0.377 e. The van der Waals surface area contributed by atoms with Crippen LogP contribution in [0, 0.1) is 11.6 Å². The molecule has 0 aliphatic carbocycles. The summed E-state index contributed by atoms with van der Waals surface area (Å²) in [5.74, 6) is -2.08. The molecule has 2 aromatic carbocycles. The number of carbonyl (C=O) groups is 1. The van der Waals surface area contributed by atoms with Gasteiger partial charge in [0.1, 0.15) is 0 Å². The Bertz CT molecular complexity index is 1090. The summed E-state index contributed by atoms with van der Waals surface area (Å²) < 4.78 is 33.9. The molecule has 0 atom stereocenters. The minimum atomic E-state index is -0.891. The smallest absolute Gasteiger partial charge is 0.272 e. The maximum Gasteiger partial charge on any atom is 0.272 e. The van der Waals surface area contributed by atoms with E-state index in [0.717, 1.165) is 25.1 Å². The van der Waals surface area contributed by atoms with Crippen LogP contribution in [0.4, 0.5) is 8.78 Å². The highest BCUT2D eigenvalue weighted by atomic mass is 19.2. The Morgan fingerprint density at radius 3 is 2.76 bits per heavy atom. The fourth-order valence-corrected chi connectivity index (χ4v) is 3.67. The van der Waals surface area contributed by atoms with E-state index in [2.05, 4.69) is 20.4 Å². The second-order valence-corrected chi connectivity index (χ2v) is 7.61. The van der Waals surface area contributed by atoms with Crippen molar-refractivity contribution in [3.8, 4) is 11.1 Å². The highest BCUT2D eigenvalue weighted by Crippen LogP contribution is 2.30. The van der Waals surface area contributed by atoms with E-state index in [0.29, 0.717) is 36.2 Å². The van der Waals surface area contributed by atoms with Crippen LogP contribution in [0.1, 0.15) is 22.5 Å². The summed E-state index contributed by atoms with van der Waals surface area (Å²) in [6, 6.07) is 8.02. The largest absolute Gasteiger partial charge is 0.377 e. The van der Waals surface area contributed by atoms with Gasteiger partial charge < -0.3 is 10.1 Å². The maximum atomic E-state index is 14.6. The Balaban J connectivity index is 1.51. The lowest BCUT2D eigenvalue weighted by Crippen LogP contribution is -2.48. The molecule has 0 saturated carbocycles. The summed E-state index contributed by atoms with van der Waals surface area (Å²) in [7, 11) is 0. The average molecular weight is 398 g/mol. The molecule has 2 aliphatic heterocycles. The molecule has 150 valence electrons. The molecule has 2 saturated heterocycles. The number of likely N-dealkylation sites (tertiary alicyclic amines) is 1. The zero-order chi connectivity index (χ0) is 20.0. The van der Waals surface area contributed by atoms with Gasteiger partial charge in [-0.2, -0.15) is 5.10 Å². The van der Waals surface area contributed by atoms with E-state index in [1.807, 2.05) is 0 Å². The SMILES string of the molecule is O=C(NC1COC1)c1n[nH]c2ccc(-c3cc(CN4CCC4)cc(F)c3F)cc12. The van der Waals surface area contributed by atoms with E-state index in [4.69, 9.17) is 4.74 Å². The number of halogens is 2. The summed E-state index contributed by atoms with van der Waals surface area (Å²) in [5, 5.41) is 10.3. The van der Waals surface area contributed by atoms with Gasteiger partial charge >= 0.3 is 0 Å². The van der Waals surface area contributed by atoms with Crippen LogP contribution in [0.25, 0.3) is 22.0 Å².